The first kappa shape index (κ1) is 17.9. The second kappa shape index (κ2) is 7.54. The van der Waals surface area contributed by atoms with E-state index in [2.05, 4.69) is 14.8 Å². The number of benzene rings is 1. The second-order valence-corrected chi connectivity index (χ2v) is 6.57. The number of aromatic nitrogens is 4. The fourth-order valence-electron chi connectivity index (χ4n) is 3.02. The molecule has 3 rings (SSSR count). The van der Waals surface area contributed by atoms with Crippen molar-refractivity contribution in [2.75, 3.05) is 0 Å². The lowest BCUT2D eigenvalue weighted by molar-refractivity contribution is 0.0971. The zero-order chi connectivity index (χ0) is 18.7. The number of halogens is 1. The number of carbonyl (C=O) groups is 1. The number of carbonyl (C=O) groups excluding carboxylic acids is 1. The van der Waals surface area contributed by atoms with E-state index in [0.29, 0.717) is 5.56 Å². The zero-order valence-corrected chi connectivity index (χ0v) is 15.4. The summed E-state index contributed by atoms with van der Waals surface area (Å²) in [4.78, 5) is 12.7. The lowest BCUT2D eigenvalue weighted by Crippen LogP contribution is -2.13. The molecule has 0 spiro atoms. The van der Waals surface area contributed by atoms with E-state index in [4.69, 9.17) is 16.9 Å². The van der Waals surface area contributed by atoms with Crippen molar-refractivity contribution in [2.45, 2.75) is 33.4 Å². The van der Waals surface area contributed by atoms with Gasteiger partial charge in [0, 0.05) is 28.5 Å². The van der Waals surface area contributed by atoms with Gasteiger partial charge in [-0.15, -0.1) is 10.2 Å². The molecular formula is C19H18ClN5O. The lowest BCUT2D eigenvalue weighted by Gasteiger charge is -2.10. The van der Waals surface area contributed by atoms with Crippen LogP contribution in [0.4, 0.5) is 0 Å². The molecule has 7 heteroatoms. The molecule has 0 aliphatic heterocycles. The Balaban J connectivity index is 1.76. The van der Waals surface area contributed by atoms with E-state index in [1.54, 1.807) is 0 Å². The largest absolute Gasteiger partial charge is 0.348 e. The van der Waals surface area contributed by atoms with Crippen LogP contribution in [-0.2, 0) is 19.5 Å². The SMILES string of the molecule is Cc1cc(C(=O)Cn2cnnc2C#N)c(C)n1CCc1ccc(Cl)cc1. The topological polar surface area (TPSA) is 76.5 Å². The highest BCUT2D eigenvalue weighted by molar-refractivity contribution is 6.30. The van der Waals surface area contributed by atoms with Gasteiger partial charge in [-0.1, -0.05) is 23.7 Å². The van der Waals surface area contributed by atoms with Crippen LogP contribution in [0.1, 0.15) is 33.1 Å². The number of rotatable bonds is 6. The smallest absolute Gasteiger partial charge is 0.235 e. The molecule has 3 aromatic rings. The van der Waals surface area contributed by atoms with Crippen LogP contribution in [-0.4, -0.2) is 25.1 Å². The van der Waals surface area contributed by atoms with Crippen LogP contribution in [0.3, 0.4) is 0 Å². The van der Waals surface area contributed by atoms with Crippen LogP contribution < -0.4 is 0 Å². The van der Waals surface area contributed by atoms with Crippen molar-refractivity contribution in [3.63, 3.8) is 0 Å². The number of hydrogen-bond donors (Lipinski definition) is 0. The predicted octanol–water partition coefficient (Wildman–Crippen LogP) is 3.35. The third-order valence-electron chi connectivity index (χ3n) is 4.44. The van der Waals surface area contributed by atoms with E-state index in [0.717, 1.165) is 29.4 Å². The Labute approximate surface area is 156 Å². The average molecular weight is 368 g/mol. The quantitative estimate of drug-likeness (QED) is 0.626. The Hall–Kier alpha value is -2.91. The van der Waals surface area contributed by atoms with Crippen LogP contribution in [0.15, 0.2) is 36.7 Å². The van der Waals surface area contributed by atoms with E-state index >= 15 is 0 Å². The molecule has 0 radical (unpaired) electrons. The minimum absolute atomic E-state index is 0.0529. The van der Waals surface area contributed by atoms with Crippen molar-refractivity contribution < 1.29 is 4.79 Å². The number of aryl methyl sites for hydroxylation is 2. The summed E-state index contributed by atoms with van der Waals surface area (Å²) in [6.45, 7) is 4.77. The number of nitrogens with zero attached hydrogens (tertiary/aromatic N) is 5. The summed E-state index contributed by atoms with van der Waals surface area (Å²) in [7, 11) is 0. The molecule has 0 atom stereocenters. The molecule has 0 aliphatic rings. The standard InChI is InChI=1S/C19H18ClN5O/c1-13-9-17(18(26)11-24-12-22-23-19(24)10-21)14(2)25(13)8-7-15-3-5-16(20)6-4-15/h3-6,9,12H,7-8,11H2,1-2H3. The summed E-state index contributed by atoms with van der Waals surface area (Å²) >= 11 is 5.92. The highest BCUT2D eigenvalue weighted by Crippen LogP contribution is 2.18. The number of ketones is 1. The minimum atomic E-state index is -0.0628. The summed E-state index contributed by atoms with van der Waals surface area (Å²) < 4.78 is 3.60. The van der Waals surface area contributed by atoms with E-state index in [1.165, 1.54) is 16.5 Å². The highest BCUT2D eigenvalue weighted by atomic mass is 35.5. The molecule has 26 heavy (non-hydrogen) atoms. The molecule has 0 aliphatic carbocycles. The summed E-state index contributed by atoms with van der Waals surface area (Å²) in [6, 6.07) is 11.6. The Bertz CT molecular complexity index is 979. The summed E-state index contributed by atoms with van der Waals surface area (Å²) in [5, 5.41) is 17.1. The van der Waals surface area contributed by atoms with Crippen LogP contribution in [0, 0.1) is 25.2 Å². The van der Waals surface area contributed by atoms with Crippen LogP contribution in [0.2, 0.25) is 5.02 Å². The molecule has 132 valence electrons. The fraction of sp³-hybridized carbons (Fsp3) is 0.263. The van der Waals surface area contributed by atoms with Gasteiger partial charge in [0.25, 0.3) is 0 Å². The monoisotopic (exact) mass is 367 g/mol. The van der Waals surface area contributed by atoms with Gasteiger partial charge in [0.2, 0.25) is 5.82 Å². The summed E-state index contributed by atoms with van der Waals surface area (Å²) in [6.07, 6.45) is 2.25. The van der Waals surface area contributed by atoms with Crippen molar-refractivity contribution >= 4 is 17.4 Å². The minimum Gasteiger partial charge on any atom is -0.348 e. The Morgan fingerprint density at radius 2 is 2.00 bits per heavy atom. The molecule has 0 saturated carbocycles. The normalized spacial score (nSPS) is 10.7. The van der Waals surface area contributed by atoms with Gasteiger partial charge < -0.3 is 4.57 Å². The molecule has 0 amide bonds. The number of nitriles is 1. The molecule has 2 heterocycles. The maximum Gasteiger partial charge on any atom is 0.235 e. The molecule has 0 N–H and O–H groups in total. The van der Waals surface area contributed by atoms with Gasteiger partial charge in [-0.2, -0.15) is 5.26 Å². The second-order valence-electron chi connectivity index (χ2n) is 6.13. The number of Topliss-reactive ketones (excluding diaryl/α,β-unsaturated/α-hetero) is 1. The maximum absolute atomic E-state index is 12.7. The van der Waals surface area contributed by atoms with Gasteiger partial charge in [0.1, 0.15) is 12.4 Å². The Morgan fingerprint density at radius 1 is 1.27 bits per heavy atom. The van der Waals surface area contributed by atoms with Crippen molar-refractivity contribution in [3.8, 4) is 6.07 Å². The van der Waals surface area contributed by atoms with Crippen LogP contribution >= 0.6 is 11.6 Å². The van der Waals surface area contributed by atoms with Crippen molar-refractivity contribution in [2.24, 2.45) is 0 Å². The first-order chi connectivity index (χ1) is 12.5. The van der Waals surface area contributed by atoms with Crippen LogP contribution in [0.25, 0.3) is 0 Å². The zero-order valence-electron chi connectivity index (χ0n) is 14.6. The van der Waals surface area contributed by atoms with E-state index in [1.807, 2.05) is 50.2 Å². The van der Waals surface area contributed by atoms with E-state index in [9.17, 15) is 4.79 Å². The van der Waals surface area contributed by atoms with Crippen molar-refractivity contribution in [1.29, 1.82) is 5.26 Å². The Kier molecular flexibility index (Phi) is 5.19. The molecule has 2 aromatic heterocycles. The van der Waals surface area contributed by atoms with Gasteiger partial charge in [-0.3, -0.25) is 9.36 Å². The van der Waals surface area contributed by atoms with Gasteiger partial charge in [-0.05, 0) is 44.0 Å². The molecule has 0 saturated heterocycles. The third-order valence-corrected chi connectivity index (χ3v) is 4.69. The fourth-order valence-corrected chi connectivity index (χ4v) is 3.14. The van der Waals surface area contributed by atoms with E-state index in [-0.39, 0.29) is 18.2 Å². The van der Waals surface area contributed by atoms with E-state index < -0.39 is 0 Å². The first-order valence-electron chi connectivity index (χ1n) is 8.22. The van der Waals surface area contributed by atoms with Gasteiger partial charge in [-0.25, -0.2) is 0 Å². The van der Waals surface area contributed by atoms with Crippen LogP contribution in [0.5, 0.6) is 0 Å². The van der Waals surface area contributed by atoms with Gasteiger partial charge >= 0.3 is 0 Å². The van der Waals surface area contributed by atoms with Gasteiger partial charge in [0.05, 0.1) is 6.54 Å². The molecule has 1 aromatic carbocycles. The summed E-state index contributed by atoms with van der Waals surface area (Å²) in [5.74, 6) is 0.0713. The maximum atomic E-state index is 12.7. The first-order valence-corrected chi connectivity index (χ1v) is 8.59. The van der Waals surface area contributed by atoms with Gasteiger partial charge in [0.15, 0.2) is 5.78 Å². The molecule has 0 unspecified atom stereocenters. The molecule has 0 bridgehead atoms. The predicted molar refractivity (Wildman–Crippen MR) is 98.1 cm³/mol. The van der Waals surface area contributed by atoms with Crippen molar-refractivity contribution in [1.82, 2.24) is 19.3 Å². The van der Waals surface area contributed by atoms with Crippen molar-refractivity contribution in [3.05, 3.63) is 70.0 Å². The summed E-state index contributed by atoms with van der Waals surface area (Å²) in [5.41, 5.74) is 3.81. The highest BCUT2D eigenvalue weighted by Gasteiger charge is 2.17. The molecular weight excluding hydrogens is 350 g/mol. The lowest BCUT2D eigenvalue weighted by atomic mass is 10.1. The molecule has 6 nitrogen and oxygen atoms in total. The average Bonchev–Trinajstić information content (AvgIpc) is 3.19. The Morgan fingerprint density at radius 3 is 2.69 bits per heavy atom. The number of hydrogen-bond acceptors (Lipinski definition) is 4. The molecule has 0 fully saturated rings. The third kappa shape index (κ3) is 3.68.